The van der Waals surface area contributed by atoms with Gasteiger partial charge in [0.2, 0.25) is 5.91 Å². The molecule has 0 bridgehead atoms. The van der Waals surface area contributed by atoms with Crippen LogP contribution in [0.5, 0.6) is 0 Å². The minimum absolute atomic E-state index is 0.174. The molecule has 0 radical (unpaired) electrons. The Morgan fingerprint density at radius 3 is 2.86 bits per heavy atom. The van der Waals surface area contributed by atoms with Gasteiger partial charge in [-0.25, -0.2) is 4.39 Å². The standard InChI is InChI=1S/C15H14BrFN2OS/c1-9-12(18)3-2-4-14(9)21-8-15(20)19-13-6-5-10(16)7-11(13)17/h2-7H,8,18H2,1H3,(H,19,20). The van der Waals surface area contributed by atoms with Gasteiger partial charge in [0.1, 0.15) is 5.82 Å². The fourth-order valence-electron chi connectivity index (χ4n) is 1.71. The zero-order chi connectivity index (χ0) is 15.4. The molecule has 2 rings (SSSR count). The van der Waals surface area contributed by atoms with Crippen molar-refractivity contribution in [3.8, 4) is 0 Å². The quantitative estimate of drug-likeness (QED) is 0.627. The maximum absolute atomic E-state index is 13.6. The molecule has 0 fully saturated rings. The third kappa shape index (κ3) is 4.22. The van der Waals surface area contributed by atoms with Gasteiger partial charge in [0, 0.05) is 15.1 Å². The summed E-state index contributed by atoms with van der Waals surface area (Å²) < 4.78 is 14.3. The van der Waals surface area contributed by atoms with E-state index in [0.29, 0.717) is 10.2 Å². The molecule has 2 aromatic rings. The SMILES string of the molecule is Cc1c(N)cccc1SCC(=O)Nc1ccc(Br)cc1F. The molecule has 0 unspecified atom stereocenters. The number of rotatable bonds is 4. The Labute approximate surface area is 135 Å². The molecule has 110 valence electrons. The Bertz CT molecular complexity index is 679. The lowest BCUT2D eigenvalue weighted by atomic mass is 10.2. The number of carbonyl (C=O) groups excluding carboxylic acids is 1. The van der Waals surface area contributed by atoms with Crippen molar-refractivity contribution in [2.75, 3.05) is 16.8 Å². The van der Waals surface area contributed by atoms with E-state index in [1.807, 2.05) is 25.1 Å². The Morgan fingerprint density at radius 1 is 1.38 bits per heavy atom. The van der Waals surface area contributed by atoms with Gasteiger partial charge >= 0.3 is 0 Å². The van der Waals surface area contributed by atoms with Gasteiger partial charge < -0.3 is 11.1 Å². The topological polar surface area (TPSA) is 55.1 Å². The number of thioether (sulfide) groups is 1. The number of anilines is 2. The Kier molecular flexibility index (Phi) is 5.25. The molecule has 0 saturated carbocycles. The number of nitrogens with one attached hydrogen (secondary N) is 1. The molecule has 3 N–H and O–H groups in total. The van der Waals surface area contributed by atoms with Crippen LogP contribution in [-0.2, 0) is 4.79 Å². The monoisotopic (exact) mass is 368 g/mol. The fraction of sp³-hybridized carbons (Fsp3) is 0.133. The van der Waals surface area contributed by atoms with Gasteiger partial charge in [0.05, 0.1) is 11.4 Å². The molecular weight excluding hydrogens is 355 g/mol. The van der Waals surface area contributed by atoms with Crippen molar-refractivity contribution in [2.45, 2.75) is 11.8 Å². The summed E-state index contributed by atoms with van der Waals surface area (Å²) in [5.74, 6) is -0.536. The molecule has 0 aliphatic rings. The second-order valence-electron chi connectivity index (χ2n) is 4.43. The van der Waals surface area contributed by atoms with Gasteiger partial charge in [0.25, 0.3) is 0 Å². The molecule has 0 atom stereocenters. The highest BCUT2D eigenvalue weighted by Gasteiger charge is 2.09. The number of halogens is 2. The van der Waals surface area contributed by atoms with E-state index >= 15 is 0 Å². The first-order valence-corrected chi connectivity index (χ1v) is 7.98. The highest BCUT2D eigenvalue weighted by molar-refractivity contribution is 9.10. The molecule has 2 aromatic carbocycles. The molecule has 0 spiro atoms. The molecule has 21 heavy (non-hydrogen) atoms. The van der Waals surface area contributed by atoms with E-state index in [1.165, 1.54) is 23.9 Å². The number of nitrogens with two attached hydrogens (primary N) is 1. The van der Waals surface area contributed by atoms with Crippen molar-refractivity contribution in [3.05, 3.63) is 52.3 Å². The minimum atomic E-state index is -0.470. The Hall–Kier alpha value is -1.53. The third-order valence-corrected chi connectivity index (χ3v) is 4.54. The van der Waals surface area contributed by atoms with E-state index in [2.05, 4.69) is 21.2 Å². The summed E-state index contributed by atoms with van der Waals surface area (Å²) in [6, 6.07) is 10.1. The first-order chi connectivity index (χ1) is 9.97. The van der Waals surface area contributed by atoms with Gasteiger partial charge in [-0.1, -0.05) is 22.0 Å². The minimum Gasteiger partial charge on any atom is -0.398 e. The molecule has 0 saturated heterocycles. The highest BCUT2D eigenvalue weighted by Crippen LogP contribution is 2.26. The van der Waals surface area contributed by atoms with Crippen molar-refractivity contribution in [1.82, 2.24) is 0 Å². The van der Waals surface area contributed by atoms with Crippen LogP contribution in [0.15, 0.2) is 45.8 Å². The van der Waals surface area contributed by atoms with E-state index in [-0.39, 0.29) is 17.3 Å². The van der Waals surface area contributed by atoms with Crippen molar-refractivity contribution in [2.24, 2.45) is 0 Å². The second-order valence-corrected chi connectivity index (χ2v) is 6.36. The van der Waals surface area contributed by atoms with Crippen LogP contribution in [0, 0.1) is 12.7 Å². The first kappa shape index (κ1) is 15.9. The van der Waals surface area contributed by atoms with Gasteiger partial charge in [-0.3, -0.25) is 4.79 Å². The third-order valence-electron chi connectivity index (χ3n) is 2.89. The van der Waals surface area contributed by atoms with Crippen LogP contribution in [0.1, 0.15) is 5.56 Å². The molecule has 1 amide bonds. The van der Waals surface area contributed by atoms with Crippen molar-refractivity contribution < 1.29 is 9.18 Å². The zero-order valence-electron chi connectivity index (χ0n) is 11.3. The summed E-state index contributed by atoms with van der Waals surface area (Å²) in [5.41, 5.74) is 7.63. The van der Waals surface area contributed by atoms with Gasteiger partial charge in [-0.2, -0.15) is 0 Å². The molecule has 0 aromatic heterocycles. The fourth-order valence-corrected chi connectivity index (χ4v) is 2.91. The summed E-state index contributed by atoms with van der Waals surface area (Å²) in [7, 11) is 0. The highest BCUT2D eigenvalue weighted by atomic mass is 79.9. The summed E-state index contributed by atoms with van der Waals surface area (Å²) in [6.07, 6.45) is 0. The molecule has 3 nitrogen and oxygen atoms in total. The molecule has 0 heterocycles. The Balaban J connectivity index is 1.97. The lowest BCUT2D eigenvalue weighted by Crippen LogP contribution is -2.15. The average molecular weight is 369 g/mol. The van der Waals surface area contributed by atoms with Crippen LogP contribution in [0.3, 0.4) is 0 Å². The Morgan fingerprint density at radius 2 is 2.14 bits per heavy atom. The molecular formula is C15H14BrFN2OS. The van der Waals surface area contributed by atoms with E-state index in [4.69, 9.17) is 5.73 Å². The number of benzene rings is 2. The maximum atomic E-state index is 13.6. The summed E-state index contributed by atoms with van der Waals surface area (Å²) >= 11 is 4.54. The summed E-state index contributed by atoms with van der Waals surface area (Å²) in [4.78, 5) is 12.8. The first-order valence-electron chi connectivity index (χ1n) is 6.20. The summed E-state index contributed by atoms with van der Waals surface area (Å²) in [6.45, 7) is 1.91. The van der Waals surface area contributed by atoms with Crippen LogP contribution in [0.25, 0.3) is 0 Å². The average Bonchev–Trinajstić information content (AvgIpc) is 2.43. The normalized spacial score (nSPS) is 10.4. The van der Waals surface area contributed by atoms with Crippen LogP contribution in [0.2, 0.25) is 0 Å². The maximum Gasteiger partial charge on any atom is 0.234 e. The number of hydrogen-bond donors (Lipinski definition) is 2. The molecule has 6 heteroatoms. The van der Waals surface area contributed by atoms with Gasteiger partial charge in [-0.05, 0) is 42.8 Å². The number of nitrogen functional groups attached to an aromatic ring is 1. The van der Waals surface area contributed by atoms with Crippen molar-refractivity contribution >= 4 is 45.0 Å². The van der Waals surface area contributed by atoms with Gasteiger partial charge in [-0.15, -0.1) is 11.8 Å². The zero-order valence-corrected chi connectivity index (χ0v) is 13.7. The molecule has 0 aliphatic heterocycles. The largest absolute Gasteiger partial charge is 0.398 e. The summed E-state index contributed by atoms with van der Waals surface area (Å²) in [5, 5.41) is 2.55. The lowest BCUT2D eigenvalue weighted by Gasteiger charge is -2.09. The number of hydrogen-bond acceptors (Lipinski definition) is 3. The number of carbonyl (C=O) groups is 1. The predicted octanol–water partition coefficient (Wildman–Crippen LogP) is 4.21. The predicted molar refractivity (Wildman–Crippen MR) is 89.0 cm³/mol. The van der Waals surface area contributed by atoms with E-state index in [1.54, 1.807) is 6.07 Å². The van der Waals surface area contributed by atoms with Crippen molar-refractivity contribution in [3.63, 3.8) is 0 Å². The molecule has 0 aliphatic carbocycles. The van der Waals surface area contributed by atoms with E-state index in [0.717, 1.165) is 10.5 Å². The van der Waals surface area contributed by atoms with Crippen LogP contribution >= 0.6 is 27.7 Å². The number of amides is 1. The van der Waals surface area contributed by atoms with Crippen LogP contribution in [0.4, 0.5) is 15.8 Å². The van der Waals surface area contributed by atoms with Crippen LogP contribution in [-0.4, -0.2) is 11.7 Å². The van der Waals surface area contributed by atoms with Crippen LogP contribution < -0.4 is 11.1 Å². The van der Waals surface area contributed by atoms with E-state index < -0.39 is 5.82 Å². The van der Waals surface area contributed by atoms with Crippen molar-refractivity contribution in [1.29, 1.82) is 0 Å². The lowest BCUT2D eigenvalue weighted by molar-refractivity contribution is -0.113. The second kappa shape index (κ2) is 6.95. The van der Waals surface area contributed by atoms with Gasteiger partial charge in [0.15, 0.2) is 0 Å². The van der Waals surface area contributed by atoms with E-state index in [9.17, 15) is 9.18 Å². The smallest absolute Gasteiger partial charge is 0.234 e.